The highest BCUT2D eigenvalue weighted by Crippen LogP contribution is 2.21. The van der Waals surface area contributed by atoms with Gasteiger partial charge in [0.1, 0.15) is 5.54 Å². The first kappa shape index (κ1) is 14.1. The van der Waals surface area contributed by atoms with Crippen molar-refractivity contribution in [2.24, 2.45) is 0 Å². The summed E-state index contributed by atoms with van der Waals surface area (Å²) in [5.74, 6) is -0.0638. The van der Waals surface area contributed by atoms with Gasteiger partial charge in [-0.2, -0.15) is 0 Å². The minimum absolute atomic E-state index is 0.00945. The van der Waals surface area contributed by atoms with Gasteiger partial charge >= 0.3 is 0 Å². The maximum atomic E-state index is 12.4. The van der Waals surface area contributed by atoms with E-state index in [0.29, 0.717) is 19.5 Å². The molecule has 0 saturated carbocycles. The van der Waals surface area contributed by atoms with Gasteiger partial charge in [-0.25, -0.2) is 0 Å². The van der Waals surface area contributed by atoms with Crippen molar-refractivity contribution in [3.8, 4) is 0 Å². The molecule has 0 radical (unpaired) electrons. The van der Waals surface area contributed by atoms with Gasteiger partial charge in [-0.05, 0) is 32.4 Å². The molecule has 1 aromatic heterocycles. The molecule has 1 fully saturated rings. The molecule has 5 heteroatoms. The van der Waals surface area contributed by atoms with E-state index in [-0.39, 0.29) is 11.8 Å². The molecule has 0 spiro atoms. The van der Waals surface area contributed by atoms with Crippen LogP contribution in [-0.4, -0.2) is 28.8 Å². The second kappa shape index (κ2) is 5.33. The molecular weight excluding hydrogens is 260 g/mol. The number of aryl methyl sites for hydroxylation is 1. The molecule has 0 aromatic carbocycles. The van der Waals surface area contributed by atoms with E-state index in [1.165, 1.54) is 9.75 Å². The SMILES string of the molecule is CCc1ccc(CN2CCC(=O)NC(C)(C)C2=O)s1. The Labute approximate surface area is 117 Å². The zero-order valence-electron chi connectivity index (χ0n) is 11.7. The first-order chi connectivity index (χ1) is 8.92. The molecule has 2 heterocycles. The van der Waals surface area contributed by atoms with Gasteiger partial charge in [0.25, 0.3) is 0 Å². The predicted octanol–water partition coefficient (Wildman–Crippen LogP) is 1.94. The highest BCUT2D eigenvalue weighted by molar-refractivity contribution is 7.11. The fourth-order valence-electron chi connectivity index (χ4n) is 2.23. The van der Waals surface area contributed by atoms with Crippen LogP contribution in [0.1, 0.15) is 36.9 Å². The smallest absolute Gasteiger partial charge is 0.248 e. The summed E-state index contributed by atoms with van der Waals surface area (Å²) in [5, 5.41) is 2.77. The van der Waals surface area contributed by atoms with Crippen LogP contribution in [0.15, 0.2) is 12.1 Å². The fourth-order valence-corrected chi connectivity index (χ4v) is 3.21. The maximum absolute atomic E-state index is 12.4. The van der Waals surface area contributed by atoms with Crippen molar-refractivity contribution in [2.45, 2.75) is 45.7 Å². The summed E-state index contributed by atoms with van der Waals surface area (Å²) in [4.78, 5) is 28.3. The Balaban J connectivity index is 2.14. The number of carbonyl (C=O) groups is 2. The summed E-state index contributed by atoms with van der Waals surface area (Å²) < 4.78 is 0. The van der Waals surface area contributed by atoms with Crippen LogP contribution in [0.4, 0.5) is 0 Å². The third-order valence-corrected chi connectivity index (χ3v) is 4.51. The minimum Gasteiger partial charge on any atom is -0.342 e. The zero-order valence-corrected chi connectivity index (χ0v) is 12.5. The van der Waals surface area contributed by atoms with Gasteiger partial charge in [0, 0.05) is 22.7 Å². The van der Waals surface area contributed by atoms with E-state index in [1.807, 2.05) is 0 Å². The molecule has 0 atom stereocenters. The highest BCUT2D eigenvalue weighted by atomic mass is 32.1. The van der Waals surface area contributed by atoms with Crippen LogP contribution in [0.2, 0.25) is 0 Å². The van der Waals surface area contributed by atoms with Crippen LogP contribution in [-0.2, 0) is 22.6 Å². The van der Waals surface area contributed by atoms with Gasteiger partial charge < -0.3 is 10.2 Å². The monoisotopic (exact) mass is 280 g/mol. The molecule has 0 bridgehead atoms. The van der Waals surface area contributed by atoms with Gasteiger partial charge in [-0.1, -0.05) is 6.92 Å². The molecule has 2 rings (SSSR count). The third kappa shape index (κ3) is 3.15. The van der Waals surface area contributed by atoms with Crippen molar-refractivity contribution in [3.63, 3.8) is 0 Å². The molecule has 19 heavy (non-hydrogen) atoms. The van der Waals surface area contributed by atoms with Crippen LogP contribution in [0.5, 0.6) is 0 Å². The Morgan fingerprint density at radius 2 is 2.00 bits per heavy atom. The summed E-state index contributed by atoms with van der Waals surface area (Å²) in [6.45, 7) is 6.74. The van der Waals surface area contributed by atoms with E-state index in [4.69, 9.17) is 0 Å². The number of rotatable bonds is 3. The van der Waals surface area contributed by atoms with Gasteiger partial charge in [0.2, 0.25) is 11.8 Å². The van der Waals surface area contributed by atoms with E-state index in [1.54, 1.807) is 30.1 Å². The topological polar surface area (TPSA) is 49.4 Å². The van der Waals surface area contributed by atoms with E-state index in [0.717, 1.165) is 6.42 Å². The van der Waals surface area contributed by atoms with Gasteiger partial charge in [0.15, 0.2) is 0 Å². The van der Waals surface area contributed by atoms with Crippen molar-refractivity contribution < 1.29 is 9.59 Å². The number of nitrogens with zero attached hydrogens (tertiary/aromatic N) is 1. The average molecular weight is 280 g/mol. The molecule has 1 saturated heterocycles. The van der Waals surface area contributed by atoms with Crippen LogP contribution >= 0.6 is 11.3 Å². The highest BCUT2D eigenvalue weighted by Gasteiger charge is 2.36. The van der Waals surface area contributed by atoms with Gasteiger partial charge in [-0.15, -0.1) is 11.3 Å². The van der Waals surface area contributed by atoms with Crippen molar-refractivity contribution in [1.29, 1.82) is 0 Å². The molecule has 1 aliphatic rings. The normalized spacial score (nSPS) is 19.2. The minimum atomic E-state index is -0.807. The molecule has 104 valence electrons. The molecule has 2 amide bonds. The lowest BCUT2D eigenvalue weighted by Gasteiger charge is -2.28. The molecular formula is C14H20N2O2S. The first-order valence-electron chi connectivity index (χ1n) is 6.60. The van der Waals surface area contributed by atoms with Crippen molar-refractivity contribution in [1.82, 2.24) is 10.2 Å². The molecule has 1 aliphatic heterocycles. The summed E-state index contributed by atoms with van der Waals surface area (Å²) in [5.41, 5.74) is -0.807. The second-order valence-electron chi connectivity index (χ2n) is 5.37. The molecule has 1 N–H and O–H groups in total. The number of hydrogen-bond acceptors (Lipinski definition) is 3. The Bertz CT molecular complexity index is 493. The van der Waals surface area contributed by atoms with E-state index in [9.17, 15) is 9.59 Å². The van der Waals surface area contributed by atoms with E-state index >= 15 is 0 Å². The Kier molecular flexibility index (Phi) is 3.94. The summed E-state index contributed by atoms with van der Waals surface area (Å²) in [6.07, 6.45) is 1.39. The first-order valence-corrected chi connectivity index (χ1v) is 7.42. The Morgan fingerprint density at radius 3 is 2.63 bits per heavy atom. The lowest BCUT2D eigenvalue weighted by Crippen LogP contribution is -2.52. The average Bonchev–Trinajstić information content (AvgIpc) is 2.77. The Hall–Kier alpha value is -1.36. The lowest BCUT2D eigenvalue weighted by molar-refractivity contribution is -0.137. The van der Waals surface area contributed by atoms with E-state index in [2.05, 4.69) is 24.4 Å². The van der Waals surface area contributed by atoms with Crippen LogP contribution in [0, 0.1) is 0 Å². The summed E-state index contributed by atoms with van der Waals surface area (Å²) in [6, 6.07) is 4.18. The number of hydrogen-bond donors (Lipinski definition) is 1. The Morgan fingerprint density at radius 1 is 1.32 bits per heavy atom. The lowest BCUT2D eigenvalue weighted by atomic mass is 10.0. The number of nitrogens with one attached hydrogen (secondary N) is 1. The van der Waals surface area contributed by atoms with Gasteiger partial charge in [0.05, 0.1) is 6.54 Å². The number of carbonyl (C=O) groups excluding carboxylic acids is 2. The zero-order chi connectivity index (χ0) is 14.0. The summed E-state index contributed by atoms with van der Waals surface area (Å²) >= 11 is 1.74. The predicted molar refractivity (Wildman–Crippen MR) is 76.0 cm³/mol. The van der Waals surface area contributed by atoms with E-state index < -0.39 is 5.54 Å². The maximum Gasteiger partial charge on any atom is 0.248 e. The molecule has 1 aromatic rings. The molecule has 0 unspecified atom stereocenters. The number of thiophene rings is 1. The molecule has 4 nitrogen and oxygen atoms in total. The second-order valence-corrected chi connectivity index (χ2v) is 6.62. The quantitative estimate of drug-likeness (QED) is 0.920. The van der Waals surface area contributed by atoms with Crippen LogP contribution in [0.25, 0.3) is 0 Å². The summed E-state index contributed by atoms with van der Waals surface area (Å²) in [7, 11) is 0. The van der Waals surface area contributed by atoms with Crippen molar-refractivity contribution >= 4 is 23.2 Å². The van der Waals surface area contributed by atoms with Gasteiger partial charge in [-0.3, -0.25) is 9.59 Å². The van der Waals surface area contributed by atoms with Crippen LogP contribution in [0.3, 0.4) is 0 Å². The van der Waals surface area contributed by atoms with Crippen molar-refractivity contribution in [3.05, 3.63) is 21.9 Å². The van der Waals surface area contributed by atoms with Crippen LogP contribution < -0.4 is 5.32 Å². The standard InChI is InChI=1S/C14H20N2O2S/c1-4-10-5-6-11(19-10)9-16-8-7-12(17)15-14(2,3)13(16)18/h5-6H,4,7-9H2,1-3H3,(H,15,17). The largest absolute Gasteiger partial charge is 0.342 e. The third-order valence-electron chi connectivity index (χ3n) is 3.30. The fraction of sp³-hybridized carbons (Fsp3) is 0.571. The van der Waals surface area contributed by atoms with Crippen molar-refractivity contribution in [2.75, 3.05) is 6.54 Å². The molecule has 0 aliphatic carbocycles. The number of amides is 2.